The fraction of sp³-hybridized carbons (Fsp3) is 0.0625. The average molecular weight is 252 g/mol. The lowest BCUT2D eigenvalue weighted by Gasteiger charge is -2.04. The van der Waals surface area contributed by atoms with E-state index in [1.165, 1.54) is 6.08 Å². The predicted octanol–water partition coefficient (Wildman–Crippen LogP) is 2.31. The molecule has 1 amide bonds. The van der Waals surface area contributed by atoms with Crippen LogP contribution in [0.2, 0.25) is 0 Å². The van der Waals surface area contributed by atoms with Crippen molar-refractivity contribution in [2.75, 3.05) is 0 Å². The Morgan fingerprint density at radius 1 is 1.05 bits per heavy atom. The van der Waals surface area contributed by atoms with Gasteiger partial charge in [0.15, 0.2) is 0 Å². The van der Waals surface area contributed by atoms with E-state index in [-0.39, 0.29) is 0 Å². The van der Waals surface area contributed by atoms with Crippen LogP contribution in [-0.2, 0) is 11.3 Å². The van der Waals surface area contributed by atoms with Crippen LogP contribution in [-0.4, -0.2) is 5.91 Å². The van der Waals surface area contributed by atoms with E-state index in [4.69, 9.17) is 11.5 Å². The van der Waals surface area contributed by atoms with E-state index in [0.29, 0.717) is 6.54 Å². The van der Waals surface area contributed by atoms with Crippen molar-refractivity contribution in [1.82, 2.24) is 0 Å². The highest BCUT2D eigenvalue weighted by molar-refractivity contribution is 5.90. The third-order valence-corrected chi connectivity index (χ3v) is 2.85. The molecular weight excluding hydrogens is 236 g/mol. The van der Waals surface area contributed by atoms with Crippen LogP contribution in [0.3, 0.4) is 0 Å². The zero-order valence-electron chi connectivity index (χ0n) is 10.5. The largest absolute Gasteiger partial charge is 0.366 e. The molecule has 3 nitrogen and oxygen atoms in total. The number of amides is 1. The molecule has 0 aromatic heterocycles. The maximum atomic E-state index is 10.7. The Kier molecular flexibility index (Phi) is 4.11. The highest BCUT2D eigenvalue weighted by Gasteiger charge is 1.98. The first kappa shape index (κ1) is 13.1. The maximum Gasteiger partial charge on any atom is 0.241 e. The first-order valence-corrected chi connectivity index (χ1v) is 6.06. The monoisotopic (exact) mass is 252 g/mol. The molecule has 0 unspecified atom stereocenters. The van der Waals surface area contributed by atoms with Gasteiger partial charge in [-0.3, -0.25) is 4.79 Å². The van der Waals surface area contributed by atoms with Gasteiger partial charge in [0.05, 0.1) is 0 Å². The van der Waals surface area contributed by atoms with Crippen molar-refractivity contribution < 1.29 is 4.79 Å². The molecule has 0 heterocycles. The van der Waals surface area contributed by atoms with Crippen LogP contribution in [0.15, 0.2) is 54.6 Å². The summed E-state index contributed by atoms with van der Waals surface area (Å²) in [5.41, 5.74) is 14.9. The van der Waals surface area contributed by atoms with Gasteiger partial charge in [-0.05, 0) is 34.4 Å². The van der Waals surface area contributed by atoms with Crippen LogP contribution >= 0.6 is 0 Å². The lowest BCUT2D eigenvalue weighted by molar-refractivity contribution is -0.113. The minimum Gasteiger partial charge on any atom is -0.366 e. The quantitative estimate of drug-likeness (QED) is 0.820. The zero-order valence-corrected chi connectivity index (χ0v) is 10.5. The molecule has 0 bridgehead atoms. The number of primary amides is 1. The average Bonchev–Trinajstić information content (AvgIpc) is 2.45. The molecule has 0 fully saturated rings. The van der Waals surface area contributed by atoms with Crippen LogP contribution in [0, 0.1) is 0 Å². The van der Waals surface area contributed by atoms with Gasteiger partial charge in [-0.15, -0.1) is 0 Å². The molecule has 96 valence electrons. The van der Waals surface area contributed by atoms with Gasteiger partial charge in [-0.2, -0.15) is 0 Å². The fourth-order valence-electron chi connectivity index (χ4n) is 1.83. The second kappa shape index (κ2) is 5.98. The third-order valence-electron chi connectivity index (χ3n) is 2.85. The normalized spacial score (nSPS) is 10.8. The molecular formula is C16H16N2O. The Labute approximate surface area is 112 Å². The van der Waals surface area contributed by atoms with Gasteiger partial charge in [-0.25, -0.2) is 0 Å². The number of carbonyl (C=O) groups excluding carboxylic acids is 1. The van der Waals surface area contributed by atoms with Crippen LogP contribution in [0.1, 0.15) is 11.1 Å². The van der Waals surface area contributed by atoms with E-state index in [0.717, 1.165) is 22.3 Å². The number of nitrogens with two attached hydrogens (primary N) is 2. The Morgan fingerprint density at radius 2 is 1.79 bits per heavy atom. The Hall–Kier alpha value is -2.39. The van der Waals surface area contributed by atoms with E-state index >= 15 is 0 Å². The molecule has 0 aliphatic heterocycles. The molecule has 2 rings (SSSR count). The van der Waals surface area contributed by atoms with Crippen molar-refractivity contribution in [1.29, 1.82) is 0 Å². The van der Waals surface area contributed by atoms with Crippen molar-refractivity contribution in [3.63, 3.8) is 0 Å². The third kappa shape index (κ3) is 3.53. The molecule has 3 heteroatoms. The van der Waals surface area contributed by atoms with Crippen molar-refractivity contribution >= 4 is 12.0 Å². The van der Waals surface area contributed by atoms with Gasteiger partial charge in [0.25, 0.3) is 0 Å². The molecule has 0 atom stereocenters. The molecule has 0 spiro atoms. The lowest BCUT2D eigenvalue weighted by Crippen LogP contribution is -2.05. The number of hydrogen-bond donors (Lipinski definition) is 2. The highest BCUT2D eigenvalue weighted by Crippen LogP contribution is 2.21. The number of rotatable bonds is 4. The van der Waals surface area contributed by atoms with Crippen LogP contribution in [0.5, 0.6) is 0 Å². The Balaban J connectivity index is 2.29. The van der Waals surface area contributed by atoms with Gasteiger partial charge in [-0.1, -0.05) is 42.5 Å². The number of hydrogen-bond acceptors (Lipinski definition) is 2. The molecule has 19 heavy (non-hydrogen) atoms. The summed E-state index contributed by atoms with van der Waals surface area (Å²) in [6.07, 6.45) is 3.07. The van der Waals surface area contributed by atoms with Crippen molar-refractivity contribution in [2.45, 2.75) is 6.54 Å². The van der Waals surface area contributed by atoms with Gasteiger partial charge < -0.3 is 11.5 Å². The van der Waals surface area contributed by atoms with Crippen molar-refractivity contribution in [3.05, 3.63) is 65.7 Å². The molecule has 2 aromatic rings. The summed E-state index contributed by atoms with van der Waals surface area (Å²) >= 11 is 0. The maximum absolute atomic E-state index is 10.7. The molecule has 0 aliphatic rings. The van der Waals surface area contributed by atoms with E-state index in [2.05, 4.69) is 0 Å². The molecule has 0 saturated heterocycles. The summed E-state index contributed by atoms with van der Waals surface area (Å²) in [6.45, 7) is 0.543. The van der Waals surface area contributed by atoms with E-state index in [1.807, 2.05) is 48.5 Å². The SMILES string of the molecule is NCc1ccc(-c2cccc(C=CC(N)=O)c2)cc1. The second-order valence-electron chi connectivity index (χ2n) is 4.26. The highest BCUT2D eigenvalue weighted by atomic mass is 16.1. The summed E-state index contributed by atoms with van der Waals surface area (Å²) < 4.78 is 0. The van der Waals surface area contributed by atoms with Gasteiger partial charge in [0.1, 0.15) is 0 Å². The predicted molar refractivity (Wildman–Crippen MR) is 78.0 cm³/mol. The standard InChI is InChI=1S/C16H16N2O/c17-11-13-4-7-14(8-5-13)15-3-1-2-12(10-15)6-9-16(18)19/h1-10H,11,17H2,(H2,18,19). The van der Waals surface area contributed by atoms with Gasteiger partial charge >= 0.3 is 0 Å². The lowest BCUT2D eigenvalue weighted by atomic mass is 10.0. The molecule has 0 radical (unpaired) electrons. The van der Waals surface area contributed by atoms with E-state index in [9.17, 15) is 4.79 Å². The number of carbonyl (C=O) groups is 1. The first-order valence-electron chi connectivity index (χ1n) is 6.06. The second-order valence-corrected chi connectivity index (χ2v) is 4.26. The summed E-state index contributed by atoms with van der Waals surface area (Å²) in [7, 11) is 0. The van der Waals surface area contributed by atoms with Gasteiger partial charge in [0.2, 0.25) is 5.91 Å². The topological polar surface area (TPSA) is 69.1 Å². The number of benzene rings is 2. The van der Waals surface area contributed by atoms with E-state index < -0.39 is 5.91 Å². The molecule has 0 saturated carbocycles. The minimum atomic E-state index is -0.447. The fourth-order valence-corrected chi connectivity index (χ4v) is 1.83. The Morgan fingerprint density at radius 3 is 2.42 bits per heavy atom. The summed E-state index contributed by atoms with van der Waals surface area (Å²) in [6, 6.07) is 16.0. The van der Waals surface area contributed by atoms with Crippen LogP contribution < -0.4 is 11.5 Å². The summed E-state index contributed by atoms with van der Waals surface area (Å²) in [5, 5.41) is 0. The molecule has 0 aliphatic carbocycles. The zero-order chi connectivity index (χ0) is 13.7. The van der Waals surface area contributed by atoms with Gasteiger partial charge in [0, 0.05) is 12.6 Å². The summed E-state index contributed by atoms with van der Waals surface area (Å²) in [5.74, 6) is -0.447. The molecule has 4 N–H and O–H groups in total. The minimum absolute atomic E-state index is 0.447. The van der Waals surface area contributed by atoms with Crippen LogP contribution in [0.25, 0.3) is 17.2 Å². The first-order chi connectivity index (χ1) is 9.19. The van der Waals surface area contributed by atoms with E-state index in [1.54, 1.807) is 6.08 Å². The van der Waals surface area contributed by atoms with Crippen LogP contribution in [0.4, 0.5) is 0 Å². The van der Waals surface area contributed by atoms with Crippen molar-refractivity contribution in [2.24, 2.45) is 11.5 Å². The summed E-state index contributed by atoms with van der Waals surface area (Å²) in [4.78, 5) is 10.7. The van der Waals surface area contributed by atoms with Crippen molar-refractivity contribution in [3.8, 4) is 11.1 Å². The smallest absolute Gasteiger partial charge is 0.241 e. The molecule has 2 aromatic carbocycles. The Bertz CT molecular complexity index is 600.